The second-order valence-corrected chi connectivity index (χ2v) is 7.53. The molecule has 26 heavy (non-hydrogen) atoms. The number of carbonyl (C=O) groups is 1. The van der Waals surface area contributed by atoms with Gasteiger partial charge in [-0.3, -0.25) is 0 Å². The van der Waals surface area contributed by atoms with Gasteiger partial charge in [-0.25, -0.2) is 4.79 Å². The third kappa shape index (κ3) is 9.84. The molecule has 0 spiro atoms. The first-order chi connectivity index (χ1) is 12.6. The van der Waals surface area contributed by atoms with E-state index in [0.29, 0.717) is 11.7 Å². The van der Waals surface area contributed by atoms with E-state index in [-0.39, 0.29) is 6.10 Å². The molecule has 1 unspecified atom stereocenters. The number of hydrogen-bond acceptors (Lipinski definition) is 3. The Morgan fingerprint density at radius 1 is 0.885 bits per heavy atom. The molecular weight excluding hydrogens is 324 g/mol. The summed E-state index contributed by atoms with van der Waals surface area (Å²) < 4.78 is 10.6. The predicted molar refractivity (Wildman–Crippen MR) is 109 cm³/mol. The van der Waals surface area contributed by atoms with Gasteiger partial charge in [0.25, 0.3) is 0 Å². The van der Waals surface area contributed by atoms with E-state index >= 15 is 0 Å². The van der Waals surface area contributed by atoms with E-state index in [2.05, 4.69) is 6.92 Å². The summed E-state index contributed by atoms with van der Waals surface area (Å²) in [5.74, 6) is 0.842. The van der Waals surface area contributed by atoms with Crippen molar-refractivity contribution in [3.8, 4) is 5.75 Å². The number of ether oxygens (including phenoxy) is 2. The molecule has 1 aromatic carbocycles. The molecular formula is C23H38O3. The minimum atomic E-state index is -0.610. The zero-order chi connectivity index (χ0) is 19.2. The minimum Gasteiger partial charge on any atom is -0.430 e. The van der Waals surface area contributed by atoms with Crippen LogP contribution in [0.25, 0.3) is 0 Å². The zero-order valence-corrected chi connectivity index (χ0v) is 17.3. The highest BCUT2D eigenvalue weighted by molar-refractivity contribution is 5.64. The Hall–Kier alpha value is -1.51. The Labute approximate surface area is 160 Å². The van der Waals surface area contributed by atoms with Gasteiger partial charge in [0.1, 0.15) is 11.9 Å². The Balaban J connectivity index is 2.23. The van der Waals surface area contributed by atoms with E-state index in [1.54, 1.807) is 0 Å². The lowest BCUT2D eigenvalue weighted by Crippen LogP contribution is -2.24. The van der Waals surface area contributed by atoms with Gasteiger partial charge in [0.15, 0.2) is 0 Å². The Morgan fingerprint density at radius 2 is 1.46 bits per heavy atom. The van der Waals surface area contributed by atoms with Crippen LogP contribution in [0.4, 0.5) is 4.79 Å². The van der Waals surface area contributed by atoms with E-state index in [4.69, 9.17) is 9.47 Å². The van der Waals surface area contributed by atoms with Gasteiger partial charge in [0.05, 0.1) is 0 Å². The van der Waals surface area contributed by atoms with Crippen LogP contribution in [0.15, 0.2) is 24.3 Å². The summed E-state index contributed by atoms with van der Waals surface area (Å²) in [6.45, 7) is 8.35. The highest BCUT2D eigenvalue weighted by Crippen LogP contribution is 2.17. The van der Waals surface area contributed by atoms with E-state index in [9.17, 15) is 4.79 Å². The molecule has 0 fully saturated rings. The van der Waals surface area contributed by atoms with Crippen molar-refractivity contribution in [1.82, 2.24) is 0 Å². The lowest BCUT2D eigenvalue weighted by atomic mass is 10.0. The van der Waals surface area contributed by atoms with Gasteiger partial charge < -0.3 is 9.47 Å². The fourth-order valence-electron chi connectivity index (χ4n) is 3.12. The third-order valence-corrected chi connectivity index (χ3v) is 4.84. The lowest BCUT2D eigenvalue weighted by molar-refractivity contribution is 0.0358. The molecule has 0 N–H and O–H groups in total. The number of rotatable bonds is 13. The maximum Gasteiger partial charge on any atom is 0.514 e. The second-order valence-electron chi connectivity index (χ2n) is 7.53. The molecule has 0 aliphatic carbocycles. The van der Waals surface area contributed by atoms with Crippen molar-refractivity contribution in [2.45, 2.75) is 98.0 Å². The number of unbranched alkanes of at least 4 members (excludes halogenated alkanes) is 7. The van der Waals surface area contributed by atoms with Gasteiger partial charge in [0.2, 0.25) is 0 Å². The normalized spacial score (nSPS) is 12.2. The van der Waals surface area contributed by atoms with Gasteiger partial charge in [-0.1, -0.05) is 84.8 Å². The lowest BCUT2D eigenvalue weighted by Gasteiger charge is -2.19. The highest BCUT2D eigenvalue weighted by Gasteiger charge is 2.17. The fourth-order valence-corrected chi connectivity index (χ4v) is 3.12. The Morgan fingerprint density at radius 3 is 2.00 bits per heavy atom. The first-order valence-corrected chi connectivity index (χ1v) is 10.5. The van der Waals surface area contributed by atoms with Crippen LogP contribution in [0, 0.1) is 5.92 Å². The number of aryl methyl sites for hydroxylation is 1. The van der Waals surface area contributed by atoms with Crippen LogP contribution in [0.1, 0.15) is 91.0 Å². The molecule has 3 nitrogen and oxygen atoms in total. The largest absolute Gasteiger partial charge is 0.514 e. The van der Waals surface area contributed by atoms with Crippen LogP contribution in [0.3, 0.4) is 0 Å². The van der Waals surface area contributed by atoms with Crippen LogP contribution in [-0.2, 0) is 11.2 Å². The SMILES string of the molecule is CCCCCCCCCCc1ccc(OC(=O)OC(CC)C(C)C)cc1. The van der Waals surface area contributed by atoms with Gasteiger partial charge in [-0.15, -0.1) is 0 Å². The van der Waals surface area contributed by atoms with Gasteiger partial charge in [-0.2, -0.15) is 0 Å². The third-order valence-electron chi connectivity index (χ3n) is 4.84. The van der Waals surface area contributed by atoms with Crippen LogP contribution >= 0.6 is 0 Å². The summed E-state index contributed by atoms with van der Waals surface area (Å²) in [7, 11) is 0. The molecule has 0 aliphatic heterocycles. The summed E-state index contributed by atoms with van der Waals surface area (Å²) in [5.41, 5.74) is 1.30. The quantitative estimate of drug-likeness (QED) is 0.209. The molecule has 3 heteroatoms. The van der Waals surface area contributed by atoms with Gasteiger partial charge in [0, 0.05) is 0 Å². The molecule has 0 radical (unpaired) electrons. The molecule has 0 aromatic heterocycles. The molecule has 0 amide bonds. The molecule has 1 aromatic rings. The minimum absolute atomic E-state index is 0.0938. The van der Waals surface area contributed by atoms with Crippen molar-refractivity contribution >= 4 is 6.16 Å². The van der Waals surface area contributed by atoms with E-state index < -0.39 is 6.16 Å². The van der Waals surface area contributed by atoms with Crippen molar-refractivity contribution < 1.29 is 14.3 Å². The average Bonchev–Trinajstić information content (AvgIpc) is 2.63. The molecule has 0 bridgehead atoms. The van der Waals surface area contributed by atoms with Crippen molar-refractivity contribution in [3.05, 3.63) is 29.8 Å². The summed E-state index contributed by atoms with van der Waals surface area (Å²) in [5, 5.41) is 0. The molecule has 0 heterocycles. The first kappa shape index (κ1) is 22.5. The number of hydrogen-bond donors (Lipinski definition) is 0. The number of benzene rings is 1. The van der Waals surface area contributed by atoms with Crippen LogP contribution in [0.5, 0.6) is 5.75 Å². The molecule has 148 valence electrons. The molecule has 1 atom stereocenters. The van der Waals surface area contributed by atoms with Crippen LogP contribution in [0.2, 0.25) is 0 Å². The van der Waals surface area contributed by atoms with E-state index in [1.807, 2.05) is 45.0 Å². The van der Waals surface area contributed by atoms with E-state index in [1.165, 1.54) is 56.9 Å². The van der Waals surface area contributed by atoms with Crippen molar-refractivity contribution in [3.63, 3.8) is 0 Å². The van der Waals surface area contributed by atoms with Crippen molar-refractivity contribution in [1.29, 1.82) is 0 Å². The Kier molecular flexibility index (Phi) is 11.8. The maximum absolute atomic E-state index is 11.9. The topological polar surface area (TPSA) is 35.5 Å². The highest BCUT2D eigenvalue weighted by atomic mass is 16.7. The summed E-state index contributed by atoms with van der Waals surface area (Å²) in [6, 6.07) is 7.81. The maximum atomic E-state index is 11.9. The van der Waals surface area contributed by atoms with Crippen LogP contribution < -0.4 is 4.74 Å². The number of carbonyl (C=O) groups excluding carboxylic acids is 1. The Bertz CT molecular complexity index is 479. The monoisotopic (exact) mass is 362 g/mol. The van der Waals surface area contributed by atoms with Gasteiger partial charge >= 0.3 is 6.16 Å². The molecule has 0 aliphatic rings. The molecule has 1 rings (SSSR count). The molecule has 0 saturated heterocycles. The smallest absolute Gasteiger partial charge is 0.430 e. The van der Waals surface area contributed by atoms with Crippen LogP contribution in [-0.4, -0.2) is 12.3 Å². The summed E-state index contributed by atoms with van der Waals surface area (Å²) >= 11 is 0. The molecule has 0 saturated carbocycles. The zero-order valence-electron chi connectivity index (χ0n) is 17.3. The van der Waals surface area contributed by atoms with Crippen molar-refractivity contribution in [2.75, 3.05) is 0 Å². The van der Waals surface area contributed by atoms with Crippen molar-refractivity contribution in [2.24, 2.45) is 5.92 Å². The van der Waals surface area contributed by atoms with E-state index in [0.717, 1.165) is 12.8 Å². The fraction of sp³-hybridized carbons (Fsp3) is 0.696. The average molecular weight is 363 g/mol. The standard InChI is InChI=1S/C23H38O3/c1-5-7-8-9-10-11-12-13-14-20-15-17-21(18-16-20)25-23(24)26-22(6-2)19(3)4/h15-19,22H,5-14H2,1-4H3. The summed E-state index contributed by atoms with van der Waals surface area (Å²) in [6.07, 6.45) is 11.9. The summed E-state index contributed by atoms with van der Waals surface area (Å²) in [4.78, 5) is 11.9. The second kappa shape index (κ2) is 13.7. The predicted octanol–water partition coefficient (Wildman–Crippen LogP) is 7.32. The van der Waals surface area contributed by atoms with Gasteiger partial charge in [-0.05, 0) is 42.9 Å². The first-order valence-electron chi connectivity index (χ1n) is 10.5.